The van der Waals surface area contributed by atoms with Crippen LogP contribution in [0.2, 0.25) is 0 Å². The van der Waals surface area contributed by atoms with E-state index in [1.807, 2.05) is 66.9 Å². The maximum absolute atomic E-state index is 12.9. The molecule has 4 nitrogen and oxygen atoms in total. The molecular formula is C28H28N2O2. The molecule has 4 heteroatoms. The van der Waals surface area contributed by atoms with E-state index in [0.29, 0.717) is 11.8 Å². The summed E-state index contributed by atoms with van der Waals surface area (Å²) in [6.45, 7) is 6.06. The van der Waals surface area contributed by atoms with Gasteiger partial charge in [-0.15, -0.1) is 6.58 Å². The van der Waals surface area contributed by atoms with Crippen molar-refractivity contribution in [1.82, 2.24) is 9.88 Å². The molecule has 0 N–H and O–H groups in total. The summed E-state index contributed by atoms with van der Waals surface area (Å²) in [5.74, 6) is 0.794. The zero-order valence-electron chi connectivity index (χ0n) is 18.1. The summed E-state index contributed by atoms with van der Waals surface area (Å²) in [7, 11) is 0. The Balaban J connectivity index is 1.47. The number of esters is 1. The Kier molecular flexibility index (Phi) is 5.87. The minimum Gasteiger partial charge on any atom is -0.453 e. The fourth-order valence-electron chi connectivity index (χ4n) is 5.30. The summed E-state index contributed by atoms with van der Waals surface area (Å²) in [5, 5.41) is 1.04. The molecule has 1 unspecified atom stereocenters. The van der Waals surface area contributed by atoms with Gasteiger partial charge in [0.1, 0.15) is 6.10 Å². The topological polar surface area (TPSA) is 42.4 Å². The Morgan fingerprint density at radius 3 is 2.72 bits per heavy atom. The molecule has 32 heavy (non-hydrogen) atoms. The van der Waals surface area contributed by atoms with Crippen LogP contribution in [0.25, 0.3) is 17.0 Å². The molecule has 2 bridgehead atoms. The first kappa shape index (κ1) is 20.7. The highest BCUT2D eigenvalue weighted by Gasteiger charge is 2.44. The van der Waals surface area contributed by atoms with Crippen molar-refractivity contribution in [3.05, 3.63) is 96.7 Å². The average molecular weight is 425 g/mol. The molecule has 3 fully saturated rings. The van der Waals surface area contributed by atoms with Crippen molar-refractivity contribution in [2.45, 2.75) is 25.0 Å². The van der Waals surface area contributed by atoms with Gasteiger partial charge >= 0.3 is 5.97 Å². The number of aromatic nitrogens is 1. The SMILES string of the molecule is C=C[C@H]1CN2CC[C@H]1C[C@@H]2[C@@H](OC(=O)/C=C/c1ccccc1)c1ccnc2ccccc12. The first-order valence-electron chi connectivity index (χ1n) is 11.4. The van der Waals surface area contributed by atoms with Crippen molar-refractivity contribution in [3.63, 3.8) is 0 Å². The lowest BCUT2D eigenvalue weighted by Crippen LogP contribution is -2.55. The quantitative estimate of drug-likeness (QED) is 0.301. The molecule has 3 aromatic rings. The van der Waals surface area contributed by atoms with E-state index >= 15 is 0 Å². The number of benzene rings is 2. The molecule has 162 valence electrons. The number of carbonyl (C=O) groups excluding carboxylic acids is 1. The van der Waals surface area contributed by atoms with Crippen LogP contribution in [0.4, 0.5) is 0 Å². The molecule has 6 rings (SSSR count). The van der Waals surface area contributed by atoms with Crippen LogP contribution in [0.15, 0.2) is 85.6 Å². The van der Waals surface area contributed by atoms with Gasteiger partial charge in [0.2, 0.25) is 0 Å². The third-order valence-corrected chi connectivity index (χ3v) is 6.95. The number of piperidine rings is 3. The standard InChI is InChI=1S/C28H28N2O2/c1-2-21-19-30-17-15-22(21)18-26(30)28(24-14-16-29-25-11-7-6-10-23(24)25)32-27(31)13-12-20-8-4-3-5-9-20/h2-14,16,21-22,26,28H,1,15,17-19H2/b13-12+/t21-,22-,26+,28-/m0/s1. The van der Waals surface area contributed by atoms with Crippen molar-refractivity contribution >= 4 is 22.9 Å². The van der Waals surface area contributed by atoms with E-state index in [-0.39, 0.29) is 18.1 Å². The van der Waals surface area contributed by atoms with Crippen LogP contribution in [0.1, 0.15) is 30.1 Å². The van der Waals surface area contributed by atoms with E-state index in [4.69, 9.17) is 4.74 Å². The lowest BCUT2D eigenvalue weighted by Gasteiger charge is -2.51. The number of hydrogen-bond donors (Lipinski definition) is 0. The fraction of sp³-hybridized carbons (Fsp3) is 0.286. The Bertz CT molecular complexity index is 1140. The van der Waals surface area contributed by atoms with Gasteiger partial charge in [0.25, 0.3) is 0 Å². The van der Waals surface area contributed by atoms with Crippen molar-refractivity contribution in [2.75, 3.05) is 13.1 Å². The minimum absolute atomic E-state index is 0.157. The van der Waals surface area contributed by atoms with E-state index < -0.39 is 0 Å². The monoisotopic (exact) mass is 424 g/mol. The second kappa shape index (κ2) is 9.09. The maximum atomic E-state index is 12.9. The van der Waals surface area contributed by atoms with Crippen molar-refractivity contribution < 1.29 is 9.53 Å². The number of carbonyl (C=O) groups is 1. The molecule has 3 saturated heterocycles. The first-order chi connectivity index (χ1) is 15.7. The molecule has 0 amide bonds. The summed E-state index contributed by atoms with van der Waals surface area (Å²) < 4.78 is 6.21. The van der Waals surface area contributed by atoms with Gasteiger partial charge in [-0.1, -0.05) is 54.6 Å². The lowest BCUT2D eigenvalue weighted by atomic mass is 9.73. The molecule has 0 spiro atoms. The fourth-order valence-corrected chi connectivity index (χ4v) is 5.30. The maximum Gasteiger partial charge on any atom is 0.331 e. The highest BCUT2D eigenvalue weighted by molar-refractivity contribution is 5.88. The van der Waals surface area contributed by atoms with E-state index in [1.165, 1.54) is 12.5 Å². The minimum atomic E-state index is -0.343. The highest BCUT2D eigenvalue weighted by Crippen LogP contribution is 2.43. The number of pyridine rings is 1. The molecule has 0 saturated carbocycles. The molecule has 1 aromatic heterocycles. The third kappa shape index (κ3) is 4.11. The van der Waals surface area contributed by atoms with Crippen LogP contribution < -0.4 is 0 Å². The summed E-state index contributed by atoms with van der Waals surface area (Å²) in [6.07, 6.45) is 9.11. The predicted octanol–water partition coefficient (Wildman–Crippen LogP) is 5.43. The molecule has 3 aliphatic rings. The summed E-state index contributed by atoms with van der Waals surface area (Å²) in [4.78, 5) is 19.9. The van der Waals surface area contributed by atoms with Crippen molar-refractivity contribution in [2.24, 2.45) is 11.8 Å². The molecule has 4 heterocycles. The van der Waals surface area contributed by atoms with E-state index in [2.05, 4.69) is 28.6 Å². The van der Waals surface area contributed by atoms with E-state index in [0.717, 1.165) is 41.5 Å². The molecule has 5 atom stereocenters. The van der Waals surface area contributed by atoms with Gasteiger partial charge in [0.05, 0.1) is 11.6 Å². The zero-order chi connectivity index (χ0) is 21.9. The first-order valence-corrected chi connectivity index (χ1v) is 11.4. The normalized spacial score (nSPS) is 25.6. The van der Waals surface area contributed by atoms with Crippen LogP contribution in [0, 0.1) is 11.8 Å². The molecule has 3 aliphatic heterocycles. The van der Waals surface area contributed by atoms with Gasteiger partial charge < -0.3 is 4.74 Å². The number of fused-ring (bicyclic) bond motifs is 4. The van der Waals surface area contributed by atoms with Gasteiger partial charge in [0.15, 0.2) is 0 Å². The number of nitrogens with zero attached hydrogens (tertiary/aromatic N) is 2. The van der Waals surface area contributed by atoms with Gasteiger partial charge in [0, 0.05) is 29.8 Å². The van der Waals surface area contributed by atoms with Crippen LogP contribution in [0.5, 0.6) is 0 Å². The Hall–Kier alpha value is -3.24. The Labute approximate surface area is 189 Å². The number of rotatable bonds is 6. The van der Waals surface area contributed by atoms with E-state index in [1.54, 1.807) is 0 Å². The Morgan fingerprint density at radius 1 is 1.12 bits per heavy atom. The number of para-hydroxylation sites is 1. The zero-order valence-corrected chi connectivity index (χ0v) is 18.1. The molecule has 2 aromatic carbocycles. The second-order valence-electron chi connectivity index (χ2n) is 8.77. The summed E-state index contributed by atoms with van der Waals surface area (Å²) >= 11 is 0. The molecule has 0 aliphatic carbocycles. The highest BCUT2D eigenvalue weighted by atomic mass is 16.5. The van der Waals surface area contributed by atoms with Crippen LogP contribution in [0.3, 0.4) is 0 Å². The number of ether oxygens (including phenoxy) is 1. The summed E-state index contributed by atoms with van der Waals surface area (Å²) in [6, 6.07) is 20.1. The van der Waals surface area contributed by atoms with Crippen molar-refractivity contribution in [3.8, 4) is 0 Å². The van der Waals surface area contributed by atoms with Gasteiger partial charge in [-0.3, -0.25) is 9.88 Å². The average Bonchev–Trinajstić information content (AvgIpc) is 2.86. The van der Waals surface area contributed by atoms with Gasteiger partial charge in [-0.2, -0.15) is 0 Å². The van der Waals surface area contributed by atoms with Gasteiger partial charge in [-0.05, 0) is 55.0 Å². The number of hydrogen-bond acceptors (Lipinski definition) is 4. The second-order valence-corrected chi connectivity index (χ2v) is 8.77. The van der Waals surface area contributed by atoms with E-state index in [9.17, 15) is 4.79 Å². The lowest BCUT2D eigenvalue weighted by molar-refractivity contribution is -0.151. The third-order valence-electron chi connectivity index (χ3n) is 6.95. The smallest absolute Gasteiger partial charge is 0.331 e. The van der Waals surface area contributed by atoms with Crippen LogP contribution >= 0.6 is 0 Å². The Morgan fingerprint density at radius 2 is 1.94 bits per heavy atom. The largest absolute Gasteiger partial charge is 0.453 e. The van der Waals surface area contributed by atoms with Gasteiger partial charge in [-0.25, -0.2) is 4.79 Å². The molecular weight excluding hydrogens is 396 g/mol. The molecule has 0 radical (unpaired) electrons. The van der Waals surface area contributed by atoms with Crippen molar-refractivity contribution in [1.29, 1.82) is 0 Å². The predicted molar refractivity (Wildman–Crippen MR) is 128 cm³/mol. The summed E-state index contributed by atoms with van der Waals surface area (Å²) in [5.41, 5.74) is 2.93. The van der Waals surface area contributed by atoms with Crippen LogP contribution in [-0.2, 0) is 9.53 Å². The van der Waals surface area contributed by atoms with Crippen LogP contribution in [-0.4, -0.2) is 35.0 Å².